The van der Waals surface area contributed by atoms with Gasteiger partial charge in [-0.1, -0.05) is 328 Å². The number of aliphatic carboxylic acids is 4. The van der Waals surface area contributed by atoms with Crippen LogP contribution in [0, 0.1) is 0 Å². The van der Waals surface area contributed by atoms with E-state index in [1.165, 1.54) is 245 Å². The average Bonchev–Trinajstić information content (AvgIpc) is 1.68. The van der Waals surface area contributed by atoms with Crippen molar-refractivity contribution in [3.63, 3.8) is 0 Å². The van der Waals surface area contributed by atoms with Crippen molar-refractivity contribution in [3.8, 4) is 0 Å². The number of amides is 8. The second-order valence-corrected chi connectivity index (χ2v) is 38.5. The van der Waals surface area contributed by atoms with E-state index in [1.54, 1.807) is 20.8 Å². The molecule has 0 aliphatic rings. The molecule has 0 aliphatic carbocycles. The normalized spacial score (nSPS) is 12.5. The lowest BCUT2D eigenvalue weighted by Gasteiger charge is -2.23. The number of esters is 1. The van der Waals surface area contributed by atoms with Crippen molar-refractivity contribution < 1.29 is 107 Å². The molecule has 796 valence electrons. The number of nitrogens with two attached hydrogens (primary N) is 1. The smallest absolute Gasteiger partial charge is 0.308 e. The van der Waals surface area contributed by atoms with Gasteiger partial charge in [0.15, 0.2) is 23.1 Å². The molecule has 0 bridgehead atoms. The lowest BCUT2D eigenvalue weighted by atomic mass is 10.0. The van der Waals surface area contributed by atoms with E-state index in [-0.39, 0.29) is 48.7 Å². The molecule has 0 spiro atoms. The van der Waals surface area contributed by atoms with Gasteiger partial charge in [0.05, 0.1) is 62.8 Å². The molecule has 2 aromatic rings. The molecule has 7 unspecified atom stereocenters. The van der Waals surface area contributed by atoms with Gasteiger partial charge in [0.2, 0.25) is 47.3 Å². The summed E-state index contributed by atoms with van der Waals surface area (Å²) in [5, 5.41) is 56.9. The van der Waals surface area contributed by atoms with Gasteiger partial charge in [0, 0.05) is 49.2 Å². The Bertz CT molecular complexity index is 3770. The van der Waals surface area contributed by atoms with Gasteiger partial charge in [-0.05, 0) is 112 Å². The number of hydrogen-bond acceptors (Lipinski definition) is 19. The number of aromatic amines is 1. The number of carboxylic acids is 4. The number of benzene rings is 1. The lowest BCUT2D eigenvalue weighted by Crippen LogP contribution is -2.52. The van der Waals surface area contributed by atoms with E-state index >= 15 is 0 Å². The summed E-state index contributed by atoms with van der Waals surface area (Å²) in [4.78, 5) is 206. The molecule has 32 nitrogen and oxygen atoms in total. The third kappa shape index (κ3) is 78.8. The summed E-state index contributed by atoms with van der Waals surface area (Å²) in [5.74, 6) is -10.8. The fourth-order valence-corrected chi connectivity index (χ4v) is 15.8. The number of para-hydroxylation sites is 1. The van der Waals surface area contributed by atoms with Crippen LogP contribution < -0.4 is 48.3 Å². The van der Waals surface area contributed by atoms with Crippen LogP contribution in [-0.4, -0.2) is 187 Å². The Kier molecular flexibility index (Phi) is 81.8. The highest BCUT2D eigenvalue weighted by atomic mass is 16.6. The van der Waals surface area contributed by atoms with Crippen molar-refractivity contribution in [3.05, 3.63) is 36.0 Å². The number of fused-ring (bicyclic) bond motifs is 1. The van der Waals surface area contributed by atoms with Crippen LogP contribution in [0.4, 0.5) is 0 Å². The number of aromatic nitrogens is 1. The second kappa shape index (κ2) is 86.4. The number of carboxylic acid groups (broad SMARTS) is 4. The summed E-state index contributed by atoms with van der Waals surface area (Å²) in [6, 6.07) is 0.316. The van der Waals surface area contributed by atoms with Gasteiger partial charge < -0.3 is 78.4 Å². The van der Waals surface area contributed by atoms with Gasteiger partial charge in [-0.15, -0.1) is 0 Å². The van der Waals surface area contributed by atoms with Gasteiger partial charge in [0.25, 0.3) is 0 Å². The number of Topliss-reactive ketones (excluding diaryl/α,β-unsaturated/α-hetero) is 4. The number of nitrogens with one attached hydrogen (secondary N) is 9. The topological polar surface area (TPSA) is 518 Å². The third-order valence-electron chi connectivity index (χ3n) is 24.0. The lowest BCUT2D eigenvalue weighted by molar-refractivity contribution is -0.156. The van der Waals surface area contributed by atoms with E-state index < -0.39 is 151 Å². The minimum Gasteiger partial charge on any atom is -0.481 e. The zero-order valence-corrected chi connectivity index (χ0v) is 87.2. The van der Waals surface area contributed by atoms with E-state index in [1.807, 2.05) is 30.5 Å². The third-order valence-corrected chi connectivity index (χ3v) is 24.0. The van der Waals surface area contributed by atoms with Crippen molar-refractivity contribution >= 4 is 111 Å². The molecule has 0 saturated heterocycles. The Morgan fingerprint density at radius 3 is 0.878 bits per heavy atom. The number of carbonyl (C=O) groups excluding carboxylic acids is 13. The molecule has 1 aromatic carbocycles. The first-order chi connectivity index (χ1) is 66.3. The van der Waals surface area contributed by atoms with Gasteiger partial charge >= 0.3 is 29.8 Å². The highest BCUT2D eigenvalue weighted by Gasteiger charge is 2.32. The minimum atomic E-state index is -1.26. The molecule has 0 saturated carbocycles. The minimum absolute atomic E-state index is 0.197. The molecule has 7 atom stereocenters. The maximum atomic E-state index is 13.1. The van der Waals surface area contributed by atoms with E-state index in [2.05, 4.69) is 75.2 Å². The van der Waals surface area contributed by atoms with Crippen LogP contribution in [0.1, 0.15) is 467 Å². The van der Waals surface area contributed by atoms with Crippen LogP contribution in [0.5, 0.6) is 0 Å². The first-order valence-corrected chi connectivity index (χ1v) is 53.1. The number of carbonyl (C=O) groups is 17. The molecule has 139 heavy (non-hydrogen) atoms. The summed E-state index contributed by atoms with van der Waals surface area (Å²) >= 11 is 0. The van der Waals surface area contributed by atoms with Crippen LogP contribution in [0.2, 0.25) is 0 Å². The van der Waals surface area contributed by atoms with E-state index in [0.29, 0.717) is 51.5 Å². The molecule has 0 radical (unpaired) electrons. The molecule has 0 fully saturated rings. The summed E-state index contributed by atoms with van der Waals surface area (Å²) in [6.45, 7) is 18.8. The number of ether oxygens (including phenoxy) is 1. The Morgan fingerprint density at radius 2 is 0.583 bits per heavy atom. The van der Waals surface area contributed by atoms with Gasteiger partial charge in [-0.25, -0.2) is 0 Å². The quantitative estimate of drug-likeness (QED) is 0.0216. The molecule has 0 aliphatic heterocycles. The summed E-state index contributed by atoms with van der Waals surface area (Å²) in [5.41, 5.74) is 6.51. The predicted octanol–water partition coefficient (Wildman–Crippen LogP) is 18.7. The zero-order valence-electron chi connectivity index (χ0n) is 87.2. The highest BCUT2D eigenvalue weighted by molar-refractivity contribution is 5.97. The van der Waals surface area contributed by atoms with Gasteiger partial charge in [-0.2, -0.15) is 0 Å². The first kappa shape index (κ1) is 132. The number of H-pyrrole nitrogens is 1. The summed E-state index contributed by atoms with van der Waals surface area (Å²) < 4.78 is 5.28. The summed E-state index contributed by atoms with van der Waals surface area (Å²) in [7, 11) is 0. The Morgan fingerprint density at radius 1 is 0.317 bits per heavy atom. The average molecular weight is 1960 g/mol. The molecule has 2 rings (SSSR count). The Hall–Kier alpha value is -9.49. The van der Waals surface area contributed by atoms with Crippen LogP contribution in [0.15, 0.2) is 30.5 Å². The Labute approximate surface area is 831 Å². The molecular formula is C107H186N10O22. The van der Waals surface area contributed by atoms with Crippen LogP contribution in [-0.2, 0) is 92.7 Å². The maximum Gasteiger partial charge on any atom is 0.308 e. The molecule has 15 N–H and O–H groups in total. The van der Waals surface area contributed by atoms with Crippen molar-refractivity contribution in [1.29, 1.82) is 0 Å². The maximum absolute atomic E-state index is 13.1. The van der Waals surface area contributed by atoms with Crippen LogP contribution in [0.3, 0.4) is 0 Å². The Balaban J connectivity index is 0. The van der Waals surface area contributed by atoms with E-state index in [0.717, 1.165) is 100 Å². The molecule has 1 heterocycles. The molecular weight excluding hydrogens is 1780 g/mol. The van der Waals surface area contributed by atoms with E-state index in [4.69, 9.17) is 30.9 Å². The zero-order chi connectivity index (χ0) is 104. The number of unbranched alkanes of at least 4 members (excludes halogenated alkanes) is 45. The molecule has 32 heteroatoms. The molecule has 8 amide bonds. The summed E-state index contributed by atoms with van der Waals surface area (Å²) in [6.07, 6.45) is 60.4. The number of ketones is 4. The highest BCUT2D eigenvalue weighted by Crippen LogP contribution is 2.23. The SMILES string of the molecule is CCCCCCCCCCCCCCC(=O)NC(CC(=O)O)C(C)=O.CCCCCCCCCCCCCCC(=O)NC(CC(=O)OC(C)(C)C)C(=O)NCC(=O)NC(CC(=O)O)C(C)=O.CCCCCCCCCCCCCCC(=O)NC(CCCCN)C(=O)NC(CC(=O)O)C(C)=O.CCCCCCCCCCCCCCC(=O)NC(Cc1c[nH]c2ccccc12)C(=O)NC(CC(=O)O)C(C)=O. The van der Waals surface area contributed by atoms with Crippen molar-refractivity contribution in [2.24, 2.45) is 5.73 Å². The number of hydrogen-bond donors (Lipinski definition) is 14. The predicted molar refractivity (Wildman–Crippen MR) is 546 cm³/mol. The van der Waals surface area contributed by atoms with Gasteiger partial charge in [-0.3, -0.25) is 81.5 Å². The van der Waals surface area contributed by atoms with Crippen LogP contribution in [0.25, 0.3) is 10.9 Å². The largest absolute Gasteiger partial charge is 0.481 e. The standard InChI is InChI=1S/C31H47N3O5.C30H53N3O8.C26H49N3O5.C20H37NO4/c1-3-4-5-6-7-8-9-10-11-12-13-14-19-29(36)33-28(31(39)34-27(23(2)35)21-30(37)38)20-24-22-32-26-18-16-15-17-25(24)26;1-6-7-8-9-10-11-12-13-14-15-16-17-18-25(35)33-24(20-28(39)41-30(3,4)5)29(40)31-21-26(36)32-23(22(2)34)19-27(37)38;1-3-4-5-6-7-8-9-10-11-12-13-14-18-24(31)28-22(17-15-16-19-27)26(34)29-23(21(2)30)20-25(32)33;1-3-4-5-6-7-8-9-10-11-12-13-14-15-19(23)21-18(17(2)22)16-20(24)25/h15-18,22,27-28,32H,3-14,19-21H2,1-2H3,(H,33,36)(H,34,39)(H,37,38);23-24H,6-21H2,1-5H3,(H,31,40)(H,32,36)(H,33,35)(H,37,38);22-23H,3-20,27H2,1-2H3,(H,28,31)(H,29,34)(H,32,33);18H,3-16H2,1-2H3,(H,21,23)(H,24,25). The van der Waals surface area contributed by atoms with Crippen molar-refractivity contribution in [2.75, 3.05) is 13.1 Å². The fraction of sp³-hybridized carbons (Fsp3) is 0.766. The monoisotopic (exact) mass is 1960 g/mol. The van der Waals surface area contributed by atoms with Crippen LogP contribution >= 0.6 is 0 Å². The number of rotatable bonds is 84. The second-order valence-electron chi connectivity index (χ2n) is 38.5. The first-order valence-electron chi connectivity index (χ1n) is 53.1. The van der Waals surface area contributed by atoms with E-state index in [9.17, 15) is 81.5 Å². The van der Waals surface area contributed by atoms with Crippen molar-refractivity contribution in [1.82, 2.24) is 47.5 Å². The van der Waals surface area contributed by atoms with Gasteiger partial charge in [0.1, 0.15) is 23.7 Å². The fourth-order valence-electron chi connectivity index (χ4n) is 15.8. The molecule has 1 aromatic heterocycles. The van der Waals surface area contributed by atoms with Crippen molar-refractivity contribution in [2.45, 2.75) is 516 Å².